The van der Waals surface area contributed by atoms with Crippen LogP contribution in [-0.4, -0.2) is 12.5 Å². The second-order valence-corrected chi connectivity index (χ2v) is 5.95. The summed E-state index contributed by atoms with van der Waals surface area (Å²) in [5.74, 6) is -0.366. The lowest BCUT2D eigenvalue weighted by atomic mass is 9.71. The molecule has 0 heterocycles. The van der Waals surface area contributed by atoms with Crippen LogP contribution in [0.15, 0.2) is 18.2 Å². The molecule has 1 aliphatic rings. The smallest absolute Gasteiger partial charge is 0.224 e. The average Bonchev–Trinajstić information content (AvgIpc) is 2.44. The summed E-state index contributed by atoms with van der Waals surface area (Å²) in [5, 5.41) is 2.78. The highest BCUT2D eigenvalue weighted by atomic mass is 19.1. The second kappa shape index (κ2) is 6.35. The van der Waals surface area contributed by atoms with Crippen LogP contribution in [0, 0.1) is 18.2 Å². The van der Waals surface area contributed by atoms with Gasteiger partial charge in [0.15, 0.2) is 0 Å². The van der Waals surface area contributed by atoms with Gasteiger partial charge in [0.2, 0.25) is 5.91 Å². The summed E-state index contributed by atoms with van der Waals surface area (Å²) in [6.07, 6.45) is 5.97. The number of benzene rings is 1. The van der Waals surface area contributed by atoms with Gasteiger partial charge in [-0.25, -0.2) is 4.39 Å². The summed E-state index contributed by atoms with van der Waals surface area (Å²) in [5.41, 5.74) is 6.91. The number of halogens is 1. The molecule has 2 rings (SSSR count). The van der Waals surface area contributed by atoms with E-state index >= 15 is 0 Å². The van der Waals surface area contributed by atoms with E-state index in [4.69, 9.17) is 5.73 Å². The van der Waals surface area contributed by atoms with E-state index in [2.05, 4.69) is 5.32 Å². The van der Waals surface area contributed by atoms with Crippen LogP contribution in [-0.2, 0) is 4.79 Å². The molecule has 0 bridgehead atoms. The normalized spacial score (nSPS) is 17.8. The van der Waals surface area contributed by atoms with E-state index in [1.807, 2.05) is 0 Å². The minimum atomic E-state index is -0.297. The zero-order chi connectivity index (χ0) is 14.6. The van der Waals surface area contributed by atoms with Crippen LogP contribution in [0.2, 0.25) is 0 Å². The van der Waals surface area contributed by atoms with Crippen molar-refractivity contribution in [2.24, 2.45) is 11.1 Å². The van der Waals surface area contributed by atoms with E-state index in [0.29, 0.717) is 24.2 Å². The Bertz CT molecular complexity index is 481. The van der Waals surface area contributed by atoms with Crippen molar-refractivity contribution in [1.82, 2.24) is 0 Å². The van der Waals surface area contributed by atoms with E-state index < -0.39 is 0 Å². The van der Waals surface area contributed by atoms with E-state index in [-0.39, 0.29) is 17.1 Å². The Labute approximate surface area is 119 Å². The fourth-order valence-corrected chi connectivity index (χ4v) is 2.97. The Morgan fingerprint density at radius 1 is 1.35 bits per heavy atom. The van der Waals surface area contributed by atoms with Gasteiger partial charge < -0.3 is 11.1 Å². The second-order valence-electron chi connectivity index (χ2n) is 5.95. The van der Waals surface area contributed by atoms with E-state index in [0.717, 1.165) is 25.7 Å². The molecular formula is C16H23FN2O. The standard InChI is InChI=1S/C16H23FN2O/c1-12-5-6-13(9-14(12)17)19-15(20)10-16(11-18)7-3-2-4-8-16/h5-6,9H,2-4,7-8,10-11,18H2,1H3,(H,19,20). The van der Waals surface area contributed by atoms with Crippen molar-refractivity contribution in [1.29, 1.82) is 0 Å². The van der Waals surface area contributed by atoms with Gasteiger partial charge in [-0.15, -0.1) is 0 Å². The van der Waals surface area contributed by atoms with Crippen molar-refractivity contribution >= 4 is 11.6 Å². The first-order chi connectivity index (χ1) is 9.54. The Morgan fingerprint density at radius 3 is 2.65 bits per heavy atom. The van der Waals surface area contributed by atoms with Crippen LogP contribution in [0.5, 0.6) is 0 Å². The maximum absolute atomic E-state index is 13.5. The van der Waals surface area contributed by atoms with Crippen molar-refractivity contribution in [3.05, 3.63) is 29.6 Å². The van der Waals surface area contributed by atoms with Gasteiger partial charge in [0.25, 0.3) is 0 Å². The zero-order valence-electron chi connectivity index (χ0n) is 12.0. The number of hydrogen-bond donors (Lipinski definition) is 2. The van der Waals surface area contributed by atoms with Crippen molar-refractivity contribution in [3.63, 3.8) is 0 Å². The predicted molar refractivity (Wildman–Crippen MR) is 79.0 cm³/mol. The van der Waals surface area contributed by atoms with Gasteiger partial charge in [-0.2, -0.15) is 0 Å². The molecule has 1 aromatic rings. The maximum atomic E-state index is 13.5. The third-order valence-electron chi connectivity index (χ3n) is 4.34. The number of anilines is 1. The maximum Gasteiger partial charge on any atom is 0.224 e. The lowest BCUT2D eigenvalue weighted by Gasteiger charge is -2.35. The van der Waals surface area contributed by atoms with Crippen molar-refractivity contribution < 1.29 is 9.18 Å². The highest BCUT2D eigenvalue weighted by molar-refractivity contribution is 5.91. The summed E-state index contributed by atoms with van der Waals surface area (Å²) in [6, 6.07) is 4.76. The third kappa shape index (κ3) is 3.57. The number of nitrogens with one attached hydrogen (secondary N) is 1. The SMILES string of the molecule is Cc1ccc(NC(=O)CC2(CN)CCCCC2)cc1F. The van der Waals surface area contributed by atoms with Crippen LogP contribution in [0.4, 0.5) is 10.1 Å². The van der Waals surface area contributed by atoms with E-state index in [9.17, 15) is 9.18 Å². The first-order valence-electron chi connectivity index (χ1n) is 7.31. The molecule has 0 aliphatic heterocycles. The lowest BCUT2D eigenvalue weighted by molar-refractivity contribution is -0.118. The molecule has 1 aliphatic carbocycles. The molecule has 0 atom stereocenters. The van der Waals surface area contributed by atoms with Gasteiger partial charge in [-0.05, 0) is 49.4 Å². The first-order valence-corrected chi connectivity index (χ1v) is 7.31. The third-order valence-corrected chi connectivity index (χ3v) is 4.34. The summed E-state index contributed by atoms with van der Waals surface area (Å²) < 4.78 is 13.5. The number of carbonyl (C=O) groups excluding carboxylic acids is 1. The quantitative estimate of drug-likeness (QED) is 0.887. The number of aryl methyl sites for hydroxylation is 1. The molecule has 3 nitrogen and oxygen atoms in total. The molecule has 1 fully saturated rings. The molecule has 0 radical (unpaired) electrons. The molecule has 4 heteroatoms. The first kappa shape index (κ1) is 15.0. The monoisotopic (exact) mass is 278 g/mol. The van der Waals surface area contributed by atoms with Crippen molar-refractivity contribution in [2.45, 2.75) is 45.4 Å². The molecule has 20 heavy (non-hydrogen) atoms. The number of amides is 1. The largest absolute Gasteiger partial charge is 0.330 e. The van der Waals surface area contributed by atoms with Gasteiger partial charge in [0.05, 0.1) is 0 Å². The molecule has 0 aromatic heterocycles. The highest BCUT2D eigenvalue weighted by Crippen LogP contribution is 2.38. The molecule has 0 saturated heterocycles. The van der Waals surface area contributed by atoms with Crippen LogP contribution in [0.25, 0.3) is 0 Å². The van der Waals surface area contributed by atoms with Crippen molar-refractivity contribution in [3.8, 4) is 0 Å². The molecule has 1 amide bonds. The molecule has 1 saturated carbocycles. The Balaban J connectivity index is 1.98. The molecule has 110 valence electrons. The minimum Gasteiger partial charge on any atom is -0.330 e. The van der Waals surface area contributed by atoms with Crippen LogP contribution < -0.4 is 11.1 Å². The van der Waals surface area contributed by atoms with Crippen LogP contribution in [0.1, 0.15) is 44.1 Å². The summed E-state index contributed by atoms with van der Waals surface area (Å²) in [7, 11) is 0. The topological polar surface area (TPSA) is 55.1 Å². The number of rotatable bonds is 4. The average molecular weight is 278 g/mol. The summed E-state index contributed by atoms with van der Waals surface area (Å²) >= 11 is 0. The lowest BCUT2D eigenvalue weighted by Crippen LogP contribution is -2.36. The number of carbonyl (C=O) groups is 1. The van der Waals surface area contributed by atoms with Gasteiger partial charge in [-0.1, -0.05) is 25.3 Å². The van der Waals surface area contributed by atoms with E-state index in [1.165, 1.54) is 12.5 Å². The van der Waals surface area contributed by atoms with Gasteiger partial charge in [-0.3, -0.25) is 4.79 Å². The Hall–Kier alpha value is -1.42. The zero-order valence-corrected chi connectivity index (χ0v) is 12.0. The summed E-state index contributed by atoms with van der Waals surface area (Å²) in [6.45, 7) is 2.25. The molecule has 1 aromatic carbocycles. The van der Waals surface area contributed by atoms with Gasteiger partial charge in [0.1, 0.15) is 5.82 Å². The summed E-state index contributed by atoms with van der Waals surface area (Å²) in [4.78, 5) is 12.2. The van der Waals surface area contributed by atoms with Crippen LogP contribution >= 0.6 is 0 Å². The fourth-order valence-electron chi connectivity index (χ4n) is 2.97. The van der Waals surface area contributed by atoms with Gasteiger partial charge in [0, 0.05) is 12.1 Å². The molecular weight excluding hydrogens is 255 g/mol. The Morgan fingerprint density at radius 2 is 2.05 bits per heavy atom. The molecule has 0 unspecified atom stereocenters. The molecule has 3 N–H and O–H groups in total. The number of nitrogens with two attached hydrogens (primary N) is 1. The highest BCUT2D eigenvalue weighted by Gasteiger charge is 2.32. The van der Waals surface area contributed by atoms with Crippen molar-refractivity contribution in [2.75, 3.05) is 11.9 Å². The number of hydrogen-bond acceptors (Lipinski definition) is 2. The van der Waals surface area contributed by atoms with Gasteiger partial charge >= 0.3 is 0 Å². The Kier molecular flexibility index (Phi) is 4.76. The van der Waals surface area contributed by atoms with E-state index in [1.54, 1.807) is 19.1 Å². The fraction of sp³-hybridized carbons (Fsp3) is 0.562. The van der Waals surface area contributed by atoms with Crippen LogP contribution in [0.3, 0.4) is 0 Å². The minimum absolute atomic E-state index is 0.0639. The predicted octanol–water partition coefficient (Wildman–Crippen LogP) is 3.37. The molecule has 0 spiro atoms.